The van der Waals surface area contributed by atoms with Gasteiger partial charge in [-0.3, -0.25) is 37.4 Å². The number of carbonyl (C=O) groups excluding carboxylic acids is 3. The van der Waals surface area contributed by atoms with E-state index in [2.05, 4.69) is 16.0 Å². The lowest BCUT2D eigenvalue weighted by Crippen LogP contribution is -2.32. The molecule has 0 saturated carbocycles. The molecule has 0 unspecified atom stereocenters. The Morgan fingerprint density at radius 1 is 0.652 bits per heavy atom. The number of amides is 3. The highest BCUT2D eigenvalue weighted by atomic mass is 32.2. The second kappa shape index (κ2) is 25.5. The Labute approximate surface area is 384 Å². The number of hydrogen-bond acceptors (Lipinski definition) is 13. The first-order chi connectivity index (χ1) is 30.5. The van der Waals surface area contributed by atoms with Crippen LogP contribution >= 0.6 is 0 Å². The number of carboxylic acid groups (broad SMARTS) is 1. The molecule has 0 spiro atoms. The third kappa shape index (κ3) is 21.3. The minimum Gasteiger partial charge on any atom is -0.481 e. The monoisotopic (exact) mass is 1010 g/mol. The van der Waals surface area contributed by atoms with Gasteiger partial charge in [-0.05, 0) is 63.5 Å². The van der Waals surface area contributed by atoms with Gasteiger partial charge in [-0.15, -0.1) is 0 Å². The van der Waals surface area contributed by atoms with Crippen molar-refractivity contribution in [3.8, 4) is 0 Å². The molecule has 0 aliphatic carbocycles. The second-order valence-corrected chi connectivity index (χ2v) is 21.0. The number of nitrogens with one attached hydrogen (secondary N) is 3. The van der Waals surface area contributed by atoms with Crippen molar-refractivity contribution in [2.75, 3.05) is 60.6 Å². The molecule has 2 aromatic carbocycles. The lowest BCUT2D eigenvalue weighted by molar-refractivity contribution is -0.440. The van der Waals surface area contributed by atoms with E-state index in [1.54, 1.807) is 73.9 Å². The van der Waals surface area contributed by atoms with E-state index < -0.39 is 100 Å². The maximum atomic E-state index is 13.4. The highest BCUT2D eigenvalue weighted by molar-refractivity contribution is 7.86. The molecule has 2 aromatic rings. The first-order valence-electron chi connectivity index (χ1n) is 20.0. The predicted molar refractivity (Wildman–Crippen MR) is 246 cm³/mol. The largest absolute Gasteiger partial charge is 0.481 e. The molecule has 0 heterocycles. The van der Waals surface area contributed by atoms with Gasteiger partial charge in [0.15, 0.2) is 5.71 Å². The first kappa shape index (κ1) is 56.8. The van der Waals surface area contributed by atoms with Crippen LogP contribution in [0.25, 0.3) is 0 Å². The summed E-state index contributed by atoms with van der Waals surface area (Å²) in [5.74, 6) is -6.09. The minimum absolute atomic E-state index is 0.00103. The highest BCUT2D eigenvalue weighted by Crippen LogP contribution is 2.29. The van der Waals surface area contributed by atoms with Gasteiger partial charge in [0.2, 0.25) is 5.69 Å². The summed E-state index contributed by atoms with van der Waals surface area (Å²) in [4.78, 5) is 52.1. The van der Waals surface area contributed by atoms with E-state index in [9.17, 15) is 62.0 Å². The number of hydrogen-bond donors (Lipinski definition) is 8. The van der Waals surface area contributed by atoms with Gasteiger partial charge < -0.3 is 26.0 Å². The van der Waals surface area contributed by atoms with Crippen LogP contribution in [0, 0.1) is 13.8 Å². The van der Waals surface area contributed by atoms with Crippen molar-refractivity contribution >= 4 is 81.2 Å². The topological polar surface area (TPSA) is 348 Å². The number of benzene rings is 2. The molecule has 66 heavy (non-hydrogen) atoms. The molecule has 0 atom stereocenters. The maximum Gasteiger partial charge on any atom is 0.303 e. The number of aliphatic carboxylic acids is 1. The van der Waals surface area contributed by atoms with Crippen molar-refractivity contribution in [1.82, 2.24) is 16.0 Å². The number of anilines is 1. The summed E-state index contributed by atoms with van der Waals surface area (Å²) in [6.45, 7) is 5.57. The lowest BCUT2D eigenvalue weighted by Gasteiger charge is -2.29. The summed E-state index contributed by atoms with van der Waals surface area (Å²) in [5.41, 5.74) is 2.39. The molecule has 2 rings (SSSR count). The Hall–Kier alpha value is -5.35. The second-order valence-electron chi connectivity index (χ2n) is 14.7. The van der Waals surface area contributed by atoms with Crippen molar-refractivity contribution in [3.05, 3.63) is 94.2 Å². The highest BCUT2D eigenvalue weighted by Gasteiger charge is 2.24. The van der Waals surface area contributed by atoms with Crippen LogP contribution in [0.15, 0.2) is 66.4 Å². The number of nitrogens with zero attached hydrogens (tertiary/aromatic N) is 2. The minimum atomic E-state index is -4.47. The molecule has 26 heteroatoms. The smallest absolute Gasteiger partial charge is 0.303 e. The van der Waals surface area contributed by atoms with E-state index >= 15 is 0 Å². The van der Waals surface area contributed by atoms with Gasteiger partial charge in [0.25, 0.3) is 58.2 Å². The standard InChI is InChI=1S/C40H55N5O17S4/c1-28(44(20-10-22-63(51,52)53)35-15-8-14-33(30(35)3)39(49)41-17-9-16-37(46)47)12-6-5-7-13-29(2)45(21-11-23-64(54,55)56)36-27-32(38(48)42-18-24-65(57,58)59)26-34(31(36)4)40(50)43-19-25-66(60,61)62/h5-8,12-15,26-27H,9-11,16-25H2,1-4H3,(H7-,41,42,43,46,47,48,49,50,51,52,53,54,55,56,57,58,59,60,61,62)/p+1. The summed E-state index contributed by atoms with van der Waals surface area (Å²) in [6.07, 6.45) is 8.00. The molecular formula is C40H56N5O17S4+. The third-order valence-electron chi connectivity index (χ3n) is 9.48. The van der Waals surface area contributed by atoms with Crippen molar-refractivity contribution in [2.24, 2.45) is 0 Å². The number of carboxylic acids is 1. The summed E-state index contributed by atoms with van der Waals surface area (Å²) in [5, 5.41) is 16.2. The Morgan fingerprint density at radius 3 is 1.77 bits per heavy atom. The van der Waals surface area contributed by atoms with Gasteiger partial charge in [-0.25, -0.2) is 0 Å². The average molecular weight is 1010 g/mol. The number of allylic oxidation sites excluding steroid dienone is 6. The molecule has 366 valence electrons. The molecule has 0 radical (unpaired) electrons. The van der Waals surface area contributed by atoms with Crippen LogP contribution in [0.1, 0.15) is 81.7 Å². The fraction of sp³-hybridized carbons (Fsp3) is 0.425. The van der Waals surface area contributed by atoms with Crippen LogP contribution < -0.4 is 20.9 Å². The lowest BCUT2D eigenvalue weighted by atomic mass is 9.99. The molecule has 0 aromatic heterocycles. The van der Waals surface area contributed by atoms with Crippen molar-refractivity contribution in [1.29, 1.82) is 0 Å². The van der Waals surface area contributed by atoms with E-state index in [1.807, 2.05) is 0 Å². The molecule has 8 N–H and O–H groups in total. The van der Waals surface area contributed by atoms with Gasteiger partial charge in [-0.1, -0.05) is 24.3 Å². The summed E-state index contributed by atoms with van der Waals surface area (Å²) >= 11 is 0. The van der Waals surface area contributed by atoms with Gasteiger partial charge in [0.05, 0.1) is 23.0 Å². The van der Waals surface area contributed by atoms with Crippen molar-refractivity contribution in [3.63, 3.8) is 0 Å². The molecule has 0 bridgehead atoms. The van der Waals surface area contributed by atoms with Gasteiger partial charge in [-0.2, -0.15) is 38.2 Å². The maximum absolute atomic E-state index is 13.4. The molecule has 22 nitrogen and oxygen atoms in total. The number of carbonyl (C=O) groups is 4. The fourth-order valence-electron chi connectivity index (χ4n) is 6.25. The Kier molecular flexibility index (Phi) is 22.0. The van der Waals surface area contributed by atoms with Crippen LogP contribution in [-0.2, 0) is 45.3 Å². The van der Waals surface area contributed by atoms with Crippen LogP contribution in [0.5, 0.6) is 0 Å². The summed E-state index contributed by atoms with van der Waals surface area (Å²) in [7, 11) is -17.7. The third-order valence-corrected chi connectivity index (χ3v) is 12.5. The predicted octanol–water partition coefficient (Wildman–Crippen LogP) is 2.32. The normalized spacial score (nSPS) is 13.1. The van der Waals surface area contributed by atoms with Crippen molar-refractivity contribution in [2.45, 2.75) is 53.4 Å². The van der Waals surface area contributed by atoms with Crippen molar-refractivity contribution < 1.29 is 80.7 Å². The molecule has 3 amide bonds. The zero-order valence-electron chi connectivity index (χ0n) is 36.6. The molecule has 0 aliphatic heterocycles. The molecule has 0 fully saturated rings. The van der Waals surface area contributed by atoms with E-state index in [1.165, 1.54) is 17.9 Å². The molecular weight excluding hydrogens is 951 g/mol. The van der Waals surface area contributed by atoms with Gasteiger partial charge in [0, 0.05) is 91.7 Å². The van der Waals surface area contributed by atoms with Gasteiger partial charge in [0.1, 0.15) is 6.54 Å². The van der Waals surface area contributed by atoms with Crippen LogP contribution in [0.2, 0.25) is 0 Å². The average Bonchev–Trinajstić information content (AvgIpc) is 3.18. The van der Waals surface area contributed by atoms with Gasteiger partial charge >= 0.3 is 5.97 Å². The van der Waals surface area contributed by atoms with Crippen LogP contribution in [-0.4, -0.2) is 147 Å². The Balaban J connectivity index is 2.65. The zero-order valence-corrected chi connectivity index (χ0v) is 39.9. The molecule has 0 saturated heterocycles. The summed E-state index contributed by atoms with van der Waals surface area (Å²) in [6, 6.07) is 7.40. The van der Waals surface area contributed by atoms with E-state index in [0.717, 1.165) is 6.07 Å². The van der Waals surface area contributed by atoms with Crippen LogP contribution in [0.3, 0.4) is 0 Å². The van der Waals surface area contributed by atoms with E-state index in [4.69, 9.17) is 14.2 Å². The van der Waals surface area contributed by atoms with Crippen LogP contribution in [0.4, 0.5) is 11.4 Å². The summed E-state index contributed by atoms with van der Waals surface area (Å²) < 4.78 is 130. The first-order valence-corrected chi connectivity index (χ1v) is 26.4. The Bertz CT molecular complexity index is 2700. The molecule has 0 aliphatic rings. The quantitative estimate of drug-likeness (QED) is 0.0209. The zero-order chi connectivity index (χ0) is 50.0. The fourth-order valence-corrected chi connectivity index (χ4v) is 7.95. The Morgan fingerprint density at radius 2 is 1.20 bits per heavy atom. The number of rotatable bonds is 27. The van der Waals surface area contributed by atoms with E-state index in [-0.39, 0.29) is 67.7 Å². The SMILES string of the molecule is CC(=CC=CC=CC(C)=[N+](CCCS(=O)(=O)O)c1cccc(C(=O)NCCCC(=O)O)c1C)N(CCCS(=O)(=O)O)c1cc(C(=O)NCCS(=O)(=O)O)cc(C(=O)NCCS(=O)(=O)O)c1C. The van der Waals surface area contributed by atoms with E-state index in [0.29, 0.717) is 28.2 Å².